The lowest BCUT2D eigenvalue weighted by Crippen LogP contribution is -2.67. The van der Waals surface area contributed by atoms with Gasteiger partial charge in [0.15, 0.2) is 0 Å². The normalized spacial score (nSPS) is 32.1. The molecule has 52 heavy (non-hydrogen) atoms. The number of halogens is 2. The molecule has 4 saturated heterocycles. The molecule has 0 aromatic heterocycles. The highest BCUT2D eigenvalue weighted by Crippen LogP contribution is 2.68. The molecule has 6 heterocycles. The molecular weight excluding hydrogens is 699 g/mol. The fourth-order valence-electron chi connectivity index (χ4n) is 10.5. The van der Waals surface area contributed by atoms with Gasteiger partial charge in [0.1, 0.15) is 36.5 Å². The predicted molar refractivity (Wildman–Crippen MR) is 196 cm³/mol. The second-order valence-electron chi connectivity index (χ2n) is 14.8. The maximum atomic E-state index is 14.7. The summed E-state index contributed by atoms with van der Waals surface area (Å²) in [6, 6.07) is 27.5. The van der Waals surface area contributed by atoms with Crippen LogP contribution in [0.15, 0.2) is 97.1 Å². The number of rotatable bonds is 5. The summed E-state index contributed by atoms with van der Waals surface area (Å²) in [5.74, 6) is -0.871. The highest BCUT2D eigenvalue weighted by atomic mass is 35.5. The number of para-hydroxylation sites is 2. The van der Waals surface area contributed by atoms with Crippen molar-refractivity contribution in [1.82, 2.24) is 20.4 Å². The van der Waals surface area contributed by atoms with E-state index in [4.69, 9.17) is 23.2 Å². The van der Waals surface area contributed by atoms with E-state index in [1.165, 1.54) is 0 Å². The second-order valence-corrected chi connectivity index (χ2v) is 15.6. The fourth-order valence-corrected chi connectivity index (χ4v) is 10.9. The Morgan fingerprint density at radius 2 is 0.923 bits per heavy atom. The molecule has 4 fully saturated rings. The molecule has 6 aliphatic rings. The number of nitrogens with one attached hydrogen (secondary N) is 4. The third-order valence-corrected chi connectivity index (χ3v) is 13.2. The van der Waals surface area contributed by atoms with Gasteiger partial charge < -0.3 is 31.1 Å². The Labute approximate surface area is 309 Å². The minimum atomic E-state index is -0.916. The monoisotopic (exact) mass is 732 g/mol. The maximum Gasteiger partial charge on any atom is 0.247 e. The van der Waals surface area contributed by atoms with E-state index in [2.05, 4.69) is 33.4 Å². The molecule has 8 atom stereocenters. The molecule has 10 rings (SSSR count). The molecule has 10 nitrogen and oxygen atoms in total. The van der Waals surface area contributed by atoms with Gasteiger partial charge in [0.05, 0.1) is 10.8 Å². The van der Waals surface area contributed by atoms with Gasteiger partial charge in [0.25, 0.3) is 0 Å². The number of fused-ring (bicyclic) bond motifs is 11. The van der Waals surface area contributed by atoms with Crippen LogP contribution in [0.1, 0.15) is 35.1 Å². The number of anilines is 2. The number of hydrogen-bond donors (Lipinski definition) is 4. The smallest absolute Gasteiger partial charge is 0.247 e. The minimum Gasteiger partial charge on any atom is -0.364 e. The van der Waals surface area contributed by atoms with Crippen LogP contribution in [0.4, 0.5) is 11.4 Å². The molecular formula is C40H34Cl2N6O4. The summed E-state index contributed by atoms with van der Waals surface area (Å²) >= 11 is 13.0. The van der Waals surface area contributed by atoms with Gasteiger partial charge >= 0.3 is 0 Å². The van der Waals surface area contributed by atoms with Gasteiger partial charge in [0.2, 0.25) is 23.6 Å². The Bertz CT molecular complexity index is 2080. The Kier molecular flexibility index (Phi) is 6.83. The van der Waals surface area contributed by atoms with E-state index in [-0.39, 0.29) is 36.5 Å². The van der Waals surface area contributed by atoms with Crippen molar-refractivity contribution in [3.63, 3.8) is 0 Å². The molecule has 0 saturated carbocycles. The topological polar surface area (TPSA) is 123 Å². The van der Waals surface area contributed by atoms with Gasteiger partial charge in [-0.05, 0) is 59.4 Å². The third kappa shape index (κ3) is 4.07. The minimum absolute atomic E-state index is 0.201. The standard InChI is InChI=1S/C40H34Cl2N6O4/c41-25-13-5-1-9-21(25)17-29-35(51)47-31(33(49)43-29)19-39(23-11-3-7-15-27(23)45-37(39)47)40-20-32-34(50)44-30(18-22-10-2-6-14-26(22)42)36(52)48(32)38(40)46-28-16-8-4-12-24(28)40/h1-16,29-32,37-38,45-46H,17-20H2,(H,43,49)(H,44,50)/t29-,30-,31-,32-,37+,38+,39-,40+/m0/s1. The summed E-state index contributed by atoms with van der Waals surface area (Å²) in [6.07, 6.45) is -0.202. The molecule has 12 heteroatoms. The lowest BCUT2D eigenvalue weighted by molar-refractivity contribution is -0.149. The van der Waals surface area contributed by atoms with Crippen molar-refractivity contribution in [3.05, 3.63) is 129 Å². The Balaban J connectivity index is 1.12. The number of carbonyl (C=O) groups excluding carboxylic acids is 4. The van der Waals surface area contributed by atoms with E-state index in [0.717, 1.165) is 33.6 Å². The summed E-state index contributed by atoms with van der Waals surface area (Å²) in [5.41, 5.74) is 3.35. The number of amides is 4. The first-order valence-corrected chi connectivity index (χ1v) is 18.4. The molecule has 0 spiro atoms. The zero-order valence-electron chi connectivity index (χ0n) is 27.8. The van der Waals surface area contributed by atoms with E-state index in [1.807, 2.05) is 72.8 Å². The summed E-state index contributed by atoms with van der Waals surface area (Å²) in [6.45, 7) is 0. The van der Waals surface area contributed by atoms with Crippen molar-refractivity contribution in [2.24, 2.45) is 0 Å². The molecule has 4 aromatic carbocycles. The largest absolute Gasteiger partial charge is 0.364 e. The molecule has 0 radical (unpaired) electrons. The van der Waals surface area contributed by atoms with Crippen LogP contribution in [0, 0.1) is 0 Å². The van der Waals surface area contributed by atoms with E-state index in [1.54, 1.807) is 21.9 Å². The van der Waals surface area contributed by atoms with Crippen molar-refractivity contribution in [3.8, 4) is 0 Å². The van der Waals surface area contributed by atoms with Crippen LogP contribution in [0.3, 0.4) is 0 Å². The lowest BCUT2D eigenvalue weighted by Gasteiger charge is -2.48. The molecule has 262 valence electrons. The van der Waals surface area contributed by atoms with E-state index >= 15 is 0 Å². The predicted octanol–water partition coefficient (Wildman–Crippen LogP) is 4.36. The SMILES string of the molecule is O=C1N[C@@H](Cc2ccccc2Cl)C(=O)N2[C@H]3Nc4ccccc4[C@@]3([C@@]34C[C@H]5C(=O)N[C@@H](Cc6ccccc6Cl)C(=O)N5[C@H]3Nc3ccccc34)C[C@@H]12. The maximum absolute atomic E-state index is 14.7. The van der Waals surface area contributed by atoms with Crippen LogP contribution in [0.25, 0.3) is 0 Å². The Morgan fingerprint density at radius 1 is 0.538 bits per heavy atom. The van der Waals surface area contributed by atoms with Gasteiger partial charge in [-0.25, -0.2) is 0 Å². The highest BCUT2D eigenvalue weighted by Gasteiger charge is 2.78. The van der Waals surface area contributed by atoms with Crippen molar-refractivity contribution in [2.75, 3.05) is 10.6 Å². The van der Waals surface area contributed by atoms with Gasteiger partial charge in [-0.15, -0.1) is 0 Å². The molecule has 0 aliphatic carbocycles. The van der Waals surface area contributed by atoms with Crippen LogP contribution in [-0.4, -0.2) is 69.9 Å². The number of benzene rings is 4. The second kappa shape index (κ2) is 11.2. The van der Waals surface area contributed by atoms with E-state index < -0.39 is 47.3 Å². The van der Waals surface area contributed by atoms with Crippen molar-refractivity contribution in [1.29, 1.82) is 0 Å². The van der Waals surface area contributed by atoms with E-state index in [0.29, 0.717) is 22.9 Å². The summed E-state index contributed by atoms with van der Waals surface area (Å²) in [7, 11) is 0. The first-order chi connectivity index (χ1) is 25.2. The lowest BCUT2D eigenvalue weighted by atomic mass is 9.54. The Morgan fingerprint density at radius 3 is 1.35 bits per heavy atom. The zero-order valence-corrected chi connectivity index (χ0v) is 29.3. The first kappa shape index (κ1) is 31.7. The van der Waals surface area contributed by atoms with Gasteiger partial charge in [-0.3, -0.25) is 19.2 Å². The van der Waals surface area contributed by atoms with Crippen molar-refractivity contribution >= 4 is 58.2 Å². The van der Waals surface area contributed by atoms with Crippen molar-refractivity contribution < 1.29 is 19.2 Å². The summed E-state index contributed by atoms with van der Waals surface area (Å²) in [5, 5.41) is 14.5. The first-order valence-electron chi connectivity index (χ1n) is 17.7. The molecule has 0 unspecified atom stereocenters. The zero-order chi connectivity index (χ0) is 35.5. The fraction of sp³-hybridized carbons (Fsp3) is 0.300. The number of nitrogens with zero attached hydrogens (tertiary/aromatic N) is 2. The van der Waals surface area contributed by atoms with Crippen LogP contribution in [0.2, 0.25) is 10.0 Å². The molecule has 4 amide bonds. The quantitative estimate of drug-likeness (QED) is 0.242. The van der Waals surface area contributed by atoms with E-state index in [9.17, 15) is 19.2 Å². The highest BCUT2D eigenvalue weighted by molar-refractivity contribution is 6.31. The molecule has 4 N–H and O–H groups in total. The van der Waals surface area contributed by atoms with Gasteiger partial charge in [-0.2, -0.15) is 0 Å². The average molecular weight is 734 g/mol. The number of hydrogen-bond acceptors (Lipinski definition) is 6. The summed E-state index contributed by atoms with van der Waals surface area (Å²) < 4.78 is 0. The van der Waals surface area contributed by atoms with Crippen LogP contribution in [0.5, 0.6) is 0 Å². The average Bonchev–Trinajstić information content (AvgIpc) is 3.86. The van der Waals surface area contributed by atoms with Gasteiger partial charge in [-0.1, -0.05) is 96.0 Å². The van der Waals surface area contributed by atoms with Crippen molar-refractivity contribution in [2.45, 2.75) is 73.0 Å². The summed E-state index contributed by atoms with van der Waals surface area (Å²) in [4.78, 5) is 61.4. The van der Waals surface area contributed by atoms with Gasteiger partial charge in [0, 0.05) is 34.3 Å². The number of piperazine rings is 2. The third-order valence-electron chi connectivity index (χ3n) is 12.5. The van der Waals surface area contributed by atoms with Crippen LogP contribution < -0.4 is 21.3 Å². The number of carbonyl (C=O) groups is 4. The molecule has 4 aromatic rings. The molecule has 0 bridgehead atoms. The van der Waals surface area contributed by atoms with Crippen LogP contribution >= 0.6 is 23.2 Å². The Hall–Kier alpha value is -5.06. The molecule has 6 aliphatic heterocycles. The van der Waals surface area contributed by atoms with Crippen LogP contribution in [-0.2, 0) is 42.8 Å².